The van der Waals surface area contributed by atoms with Gasteiger partial charge in [0.2, 0.25) is 5.82 Å². The first-order valence-corrected chi connectivity index (χ1v) is 6.23. The van der Waals surface area contributed by atoms with E-state index in [9.17, 15) is 22.0 Å². The first-order chi connectivity index (χ1) is 9.93. The summed E-state index contributed by atoms with van der Waals surface area (Å²) < 4.78 is 67.5. The second-order valence-corrected chi connectivity index (χ2v) is 4.88. The SMILES string of the molecule is CC1=C(c2c(F)c(F)c(F)c(F)c2F)Cc2ccccc21. The number of allylic oxidation sites excluding steroid dienone is 2. The maximum Gasteiger partial charge on any atom is 0.200 e. The molecule has 0 nitrogen and oxygen atoms in total. The van der Waals surface area contributed by atoms with Crippen molar-refractivity contribution >= 4 is 11.1 Å². The third kappa shape index (κ3) is 1.87. The molecule has 0 saturated carbocycles. The zero-order chi connectivity index (χ0) is 15.3. The van der Waals surface area contributed by atoms with E-state index in [1.54, 1.807) is 31.2 Å². The Morgan fingerprint density at radius 1 is 0.762 bits per heavy atom. The van der Waals surface area contributed by atoms with Crippen molar-refractivity contribution in [3.8, 4) is 0 Å². The lowest BCUT2D eigenvalue weighted by Gasteiger charge is -2.10. The van der Waals surface area contributed by atoms with Crippen LogP contribution in [-0.2, 0) is 6.42 Å². The number of fused-ring (bicyclic) bond motifs is 1. The standard InChI is InChI=1S/C16H9F5/c1-7-9-5-3-2-4-8(9)6-10(7)11-12(17)14(19)16(21)15(20)13(11)18/h2-5H,6H2,1H3. The van der Waals surface area contributed by atoms with Crippen LogP contribution in [-0.4, -0.2) is 0 Å². The zero-order valence-electron chi connectivity index (χ0n) is 10.9. The molecule has 0 N–H and O–H groups in total. The predicted octanol–water partition coefficient (Wildman–Crippen LogP) is 4.87. The van der Waals surface area contributed by atoms with E-state index in [1.807, 2.05) is 0 Å². The van der Waals surface area contributed by atoms with Gasteiger partial charge in [0, 0.05) is 0 Å². The molecule has 0 atom stereocenters. The first-order valence-electron chi connectivity index (χ1n) is 6.23. The summed E-state index contributed by atoms with van der Waals surface area (Å²) in [6.45, 7) is 1.61. The highest BCUT2D eigenvalue weighted by molar-refractivity contribution is 5.96. The van der Waals surface area contributed by atoms with Gasteiger partial charge in [0.15, 0.2) is 23.3 Å². The Hall–Kier alpha value is -2.17. The largest absolute Gasteiger partial charge is 0.203 e. The lowest BCUT2D eigenvalue weighted by Crippen LogP contribution is -2.07. The normalized spacial score (nSPS) is 13.8. The molecule has 0 bridgehead atoms. The Labute approximate surface area is 117 Å². The van der Waals surface area contributed by atoms with Crippen molar-refractivity contribution in [2.45, 2.75) is 13.3 Å². The van der Waals surface area contributed by atoms with E-state index in [0.29, 0.717) is 5.57 Å². The quantitative estimate of drug-likeness (QED) is 0.400. The van der Waals surface area contributed by atoms with Crippen molar-refractivity contribution in [1.82, 2.24) is 0 Å². The summed E-state index contributed by atoms with van der Waals surface area (Å²) in [6.07, 6.45) is 0.139. The molecule has 2 aromatic carbocycles. The molecule has 0 spiro atoms. The second kappa shape index (κ2) is 4.69. The lowest BCUT2D eigenvalue weighted by atomic mass is 9.99. The van der Waals surface area contributed by atoms with Crippen LogP contribution in [0.5, 0.6) is 0 Å². The molecule has 0 aliphatic heterocycles. The smallest absolute Gasteiger partial charge is 0.200 e. The fourth-order valence-corrected chi connectivity index (χ4v) is 2.67. The maximum absolute atomic E-state index is 13.9. The number of rotatable bonds is 1. The summed E-state index contributed by atoms with van der Waals surface area (Å²) >= 11 is 0. The van der Waals surface area contributed by atoms with Gasteiger partial charge < -0.3 is 0 Å². The predicted molar refractivity (Wildman–Crippen MR) is 68.9 cm³/mol. The molecule has 108 valence electrons. The van der Waals surface area contributed by atoms with E-state index in [0.717, 1.165) is 11.1 Å². The van der Waals surface area contributed by atoms with Gasteiger partial charge in [0.1, 0.15) is 0 Å². The molecule has 0 unspecified atom stereocenters. The van der Waals surface area contributed by atoms with E-state index in [4.69, 9.17) is 0 Å². The van der Waals surface area contributed by atoms with Gasteiger partial charge in [-0.2, -0.15) is 0 Å². The first kappa shape index (κ1) is 13.8. The summed E-state index contributed by atoms with van der Waals surface area (Å²) in [5.41, 5.74) is 1.38. The van der Waals surface area contributed by atoms with Gasteiger partial charge in [-0.05, 0) is 35.6 Å². The number of halogens is 5. The molecule has 0 saturated heterocycles. The third-order valence-electron chi connectivity index (χ3n) is 3.75. The Balaban J connectivity index is 2.27. The molecule has 5 heteroatoms. The lowest BCUT2D eigenvalue weighted by molar-refractivity contribution is 0.376. The summed E-state index contributed by atoms with van der Waals surface area (Å²) in [5, 5.41) is 0. The van der Waals surface area contributed by atoms with Crippen molar-refractivity contribution < 1.29 is 22.0 Å². The van der Waals surface area contributed by atoms with Crippen molar-refractivity contribution in [2.24, 2.45) is 0 Å². The molecule has 0 aromatic heterocycles. The van der Waals surface area contributed by atoms with Gasteiger partial charge in [0.25, 0.3) is 0 Å². The number of hydrogen-bond donors (Lipinski definition) is 0. The number of hydrogen-bond acceptors (Lipinski definition) is 0. The van der Waals surface area contributed by atoms with Crippen LogP contribution in [0.2, 0.25) is 0 Å². The van der Waals surface area contributed by atoms with Gasteiger partial charge >= 0.3 is 0 Å². The Morgan fingerprint density at radius 2 is 1.29 bits per heavy atom. The summed E-state index contributed by atoms with van der Waals surface area (Å²) in [7, 11) is 0. The van der Waals surface area contributed by atoms with Crippen molar-refractivity contribution in [3.05, 3.63) is 70.0 Å². The molecule has 0 amide bonds. The van der Waals surface area contributed by atoms with Gasteiger partial charge in [-0.1, -0.05) is 24.3 Å². The minimum absolute atomic E-state index is 0.129. The molecular formula is C16H9F5. The van der Waals surface area contributed by atoms with Crippen molar-refractivity contribution in [2.75, 3.05) is 0 Å². The van der Waals surface area contributed by atoms with Crippen LogP contribution >= 0.6 is 0 Å². The fraction of sp³-hybridized carbons (Fsp3) is 0.125. The molecule has 21 heavy (non-hydrogen) atoms. The average Bonchev–Trinajstić information content (AvgIpc) is 2.81. The molecule has 0 fully saturated rings. The average molecular weight is 296 g/mol. The second-order valence-electron chi connectivity index (χ2n) is 4.88. The molecule has 3 rings (SSSR count). The molecule has 1 aliphatic rings. The zero-order valence-corrected chi connectivity index (χ0v) is 10.9. The molecular weight excluding hydrogens is 287 g/mol. The van der Waals surface area contributed by atoms with Crippen LogP contribution in [0.1, 0.15) is 23.6 Å². The van der Waals surface area contributed by atoms with Gasteiger partial charge in [-0.15, -0.1) is 0 Å². The van der Waals surface area contributed by atoms with E-state index in [1.165, 1.54) is 0 Å². The van der Waals surface area contributed by atoms with Crippen LogP contribution in [0.4, 0.5) is 22.0 Å². The number of benzene rings is 2. The van der Waals surface area contributed by atoms with Crippen LogP contribution in [0.3, 0.4) is 0 Å². The van der Waals surface area contributed by atoms with Crippen molar-refractivity contribution in [3.63, 3.8) is 0 Å². The van der Waals surface area contributed by atoms with E-state index >= 15 is 0 Å². The highest BCUT2D eigenvalue weighted by atomic mass is 19.2. The molecule has 0 radical (unpaired) electrons. The van der Waals surface area contributed by atoms with Crippen molar-refractivity contribution in [1.29, 1.82) is 0 Å². The third-order valence-corrected chi connectivity index (χ3v) is 3.75. The Bertz CT molecular complexity index is 760. The molecule has 0 heterocycles. The van der Waals surface area contributed by atoms with Crippen LogP contribution < -0.4 is 0 Å². The van der Waals surface area contributed by atoms with Gasteiger partial charge in [0.05, 0.1) is 5.56 Å². The summed E-state index contributed by atoms with van der Waals surface area (Å²) in [5.74, 6) is -9.54. The van der Waals surface area contributed by atoms with Crippen LogP contribution in [0, 0.1) is 29.1 Å². The molecule has 1 aliphatic carbocycles. The highest BCUT2D eigenvalue weighted by Gasteiger charge is 2.31. The maximum atomic E-state index is 13.9. The molecule has 2 aromatic rings. The van der Waals surface area contributed by atoms with E-state index in [-0.39, 0.29) is 12.0 Å². The summed E-state index contributed by atoms with van der Waals surface area (Å²) in [6, 6.07) is 7.03. The minimum Gasteiger partial charge on any atom is -0.203 e. The fourth-order valence-electron chi connectivity index (χ4n) is 2.67. The minimum atomic E-state index is -2.14. The van der Waals surface area contributed by atoms with E-state index < -0.39 is 34.6 Å². The Kier molecular flexibility index (Phi) is 3.08. The van der Waals surface area contributed by atoms with Gasteiger partial charge in [-0.3, -0.25) is 0 Å². The van der Waals surface area contributed by atoms with Crippen LogP contribution in [0.25, 0.3) is 11.1 Å². The Morgan fingerprint density at radius 3 is 1.86 bits per heavy atom. The van der Waals surface area contributed by atoms with Crippen LogP contribution in [0.15, 0.2) is 24.3 Å². The monoisotopic (exact) mass is 296 g/mol. The topological polar surface area (TPSA) is 0 Å². The van der Waals surface area contributed by atoms with Gasteiger partial charge in [-0.25, -0.2) is 22.0 Å². The summed E-state index contributed by atoms with van der Waals surface area (Å²) in [4.78, 5) is 0. The van der Waals surface area contributed by atoms with E-state index in [2.05, 4.69) is 0 Å². The highest BCUT2D eigenvalue weighted by Crippen LogP contribution is 2.40.